The highest BCUT2D eigenvalue weighted by atomic mass is 32.1. The third kappa shape index (κ3) is 5.08. The topological polar surface area (TPSA) is 110 Å². The van der Waals surface area contributed by atoms with Crippen LogP contribution in [-0.2, 0) is 0 Å². The lowest BCUT2D eigenvalue weighted by atomic mass is 10.1. The second-order valence-electron chi connectivity index (χ2n) is 7.07. The summed E-state index contributed by atoms with van der Waals surface area (Å²) in [6.45, 7) is 3.53. The number of rotatable bonds is 7. The van der Waals surface area contributed by atoms with Gasteiger partial charge in [0.2, 0.25) is 0 Å². The van der Waals surface area contributed by atoms with Crippen LogP contribution in [0.1, 0.15) is 30.8 Å². The van der Waals surface area contributed by atoms with E-state index in [-0.39, 0.29) is 33.6 Å². The molecular formula is C20H20F2N4O3S. The Balaban J connectivity index is 1.80. The van der Waals surface area contributed by atoms with Crippen LogP contribution in [0.15, 0.2) is 36.7 Å². The molecule has 0 aliphatic carbocycles. The average Bonchev–Trinajstić information content (AvgIpc) is 3.03. The molecule has 30 heavy (non-hydrogen) atoms. The van der Waals surface area contributed by atoms with Gasteiger partial charge >= 0.3 is 0 Å². The zero-order chi connectivity index (χ0) is 21.9. The number of ether oxygens (including phenoxy) is 1. The van der Waals surface area contributed by atoms with Crippen LogP contribution in [0.25, 0.3) is 10.6 Å². The number of nitrogens with one attached hydrogen (secondary N) is 1. The zero-order valence-electron chi connectivity index (χ0n) is 16.3. The molecule has 3 aromatic rings. The molecule has 0 radical (unpaired) electrons. The van der Waals surface area contributed by atoms with Crippen LogP contribution >= 0.6 is 11.3 Å². The smallest absolute Gasteiger partial charge is 0.277 e. The Kier molecular flexibility index (Phi) is 6.28. The number of halogens is 2. The summed E-state index contributed by atoms with van der Waals surface area (Å²) in [5.41, 5.74) is 4.74. The van der Waals surface area contributed by atoms with Crippen LogP contribution in [0.2, 0.25) is 0 Å². The van der Waals surface area contributed by atoms with Gasteiger partial charge < -0.3 is 20.9 Å². The van der Waals surface area contributed by atoms with Gasteiger partial charge in [-0.2, -0.15) is 0 Å². The molecule has 0 unspecified atom stereocenters. The van der Waals surface area contributed by atoms with E-state index in [1.54, 1.807) is 19.9 Å². The maximum absolute atomic E-state index is 14.0. The molecule has 10 heteroatoms. The zero-order valence-corrected chi connectivity index (χ0v) is 17.1. The molecule has 7 nitrogen and oxygen atoms in total. The van der Waals surface area contributed by atoms with E-state index >= 15 is 0 Å². The van der Waals surface area contributed by atoms with E-state index in [0.29, 0.717) is 12.2 Å². The Morgan fingerprint density at radius 3 is 2.67 bits per heavy atom. The number of amides is 1. The molecule has 2 aromatic heterocycles. The van der Waals surface area contributed by atoms with Gasteiger partial charge in [-0.3, -0.25) is 9.78 Å². The highest BCUT2D eigenvalue weighted by Gasteiger charge is 2.22. The van der Waals surface area contributed by atoms with Gasteiger partial charge in [0.1, 0.15) is 33.1 Å². The minimum Gasteiger partial charge on any atom is -0.491 e. The third-order valence-corrected chi connectivity index (χ3v) is 4.95. The van der Waals surface area contributed by atoms with Crippen LogP contribution in [0.4, 0.5) is 19.5 Å². The normalized spacial score (nSPS) is 11.4. The van der Waals surface area contributed by atoms with Gasteiger partial charge in [-0.15, -0.1) is 0 Å². The lowest BCUT2D eigenvalue weighted by Crippen LogP contribution is -2.22. The SMILES string of the molecule is CC(C)(O)CCOc1ccncc1NC(=O)c1nc(-c2c(F)cccc2F)sc1N. The predicted octanol–water partition coefficient (Wildman–Crippen LogP) is 3.86. The Hall–Kier alpha value is -3.11. The monoisotopic (exact) mass is 434 g/mol. The lowest BCUT2D eigenvalue weighted by molar-refractivity contribution is 0.0554. The number of anilines is 2. The molecule has 0 saturated carbocycles. The largest absolute Gasteiger partial charge is 0.491 e. The molecule has 158 valence electrons. The Bertz CT molecular complexity index is 1050. The number of carbonyl (C=O) groups is 1. The first-order valence-corrected chi connectivity index (χ1v) is 9.78. The molecule has 2 heterocycles. The van der Waals surface area contributed by atoms with Crippen molar-refractivity contribution in [3.8, 4) is 16.3 Å². The number of nitrogens with two attached hydrogens (primary N) is 1. The van der Waals surface area contributed by atoms with Crippen molar-refractivity contribution < 1.29 is 23.4 Å². The van der Waals surface area contributed by atoms with Gasteiger partial charge in [-0.1, -0.05) is 17.4 Å². The van der Waals surface area contributed by atoms with Crippen LogP contribution in [-0.4, -0.2) is 33.2 Å². The number of aromatic nitrogens is 2. The molecule has 0 atom stereocenters. The number of benzene rings is 1. The first-order valence-electron chi connectivity index (χ1n) is 8.97. The molecule has 4 N–H and O–H groups in total. The summed E-state index contributed by atoms with van der Waals surface area (Å²) in [4.78, 5) is 20.7. The van der Waals surface area contributed by atoms with Gasteiger partial charge in [-0.25, -0.2) is 13.8 Å². The van der Waals surface area contributed by atoms with Crippen molar-refractivity contribution in [2.24, 2.45) is 0 Å². The molecule has 1 amide bonds. The molecule has 0 aliphatic rings. The Labute approximate surface area is 175 Å². The molecule has 0 fully saturated rings. The highest BCUT2D eigenvalue weighted by molar-refractivity contribution is 7.19. The van der Waals surface area contributed by atoms with Gasteiger partial charge in [0.25, 0.3) is 5.91 Å². The molecule has 0 aliphatic heterocycles. The van der Waals surface area contributed by atoms with Gasteiger partial charge in [0.15, 0.2) is 5.69 Å². The molecule has 0 spiro atoms. The number of carbonyl (C=O) groups excluding carboxylic acids is 1. The average molecular weight is 434 g/mol. The van der Waals surface area contributed by atoms with Gasteiger partial charge in [0, 0.05) is 18.7 Å². The van der Waals surface area contributed by atoms with Crippen LogP contribution < -0.4 is 15.8 Å². The van der Waals surface area contributed by atoms with Crippen molar-refractivity contribution in [1.82, 2.24) is 9.97 Å². The van der Waals surface area contributed by atoms with Crippen molar-refractivity contribution >= 4 is 27.9 Å². The number of nitrogen functional groups attached to an aromatic ring is 1. The second-order valence-corrected chi connectivity index (χ2v) is 8.10. The van der Waals surface area contributed by atoms with E-state index in [1.165, 1.54) is 18.5 Å². The number of nitrogens with zero attached hydrogens (tertiary/aromatic N) is 2. The van der Waals surface area contributed by atoms with Gasteiger partial charge in [-0.05, 0) is 26.0 Å². The lowest BCUT2D eigenvalue weighted by Gasteiger charge is -2.18. The maximum atomic E-state index is 14.0. The van der Waals surface area contributed by atoms with E-state index in [9.17, 15) is 18.7 Å². The standard InChI is InChI=1S/C20H20F2N4O3S/c1-20(2,28)7-9-29-14-6-8-24-10-13(14)25-18(27)16-17(23)30-19(26-16)15-11(21)4-3-5-12(15)22/h3-6,8,10,28H,7,9,23H2,1-2H3,(H,25,27). The fourth-order valence-corrected chi connectivity index (χ4v) is 3.37. The summed E-state index contributed by atoms with van der Waals surface area (Å²) >= 11 is 0.807. The molecule has 3 rings (SSSR count). The number of hydrogen-bond donors (Lipinski definition) is 3. The van der Waals surface area contributed by atoms with Crippen molar-refractivity contribution in [2.45, 2.75) is 25.9 Å². The first-order chi connectivity index (χ1) is 14.2. The first kappa shape index (κ1) is 21.6. The fourth-order valence-electron chi connectivity index (χ4n) is 2.50. The van der Waals surface area contributed by atoms with E-state index in [2.05, 4.69) is 15.3 Å². The Morgan fingerprint density at radius 2 is 2.00 bits per heavy atom. The summed E-state index contributed by atoms with van der Waals surface area (Å²) in [6, 6.07) is 5.00. The molecule has 0 bridgehead atoms. The summed E-state index contributed by atoms with van der Waals surface area (Å²) < 4.78 is 33.7. The van der Waals surface area contributed by atoms with Crippen molar-refractivity contribution in [2.75, 3.05) is 17.7 Å². The highest BCUT2D eigenvalue weighted by Crippen LogP contribution is 2.34. The quantitative estimate of drug-likeness (QED) is 0.521. The van der Waals surface area contributed by atoms with Crippen LogP contribution in [0.5, 0.6) is 5.75 Å². The van der Waals surface area contributed by atoms with Crippen molar-refractivity contribution in [1.29, 1.82) is 0 Å². The van der Waals surface area contributed by atoms with E-state index < -0.39 is 23.1 Å². The number of pyridine rings is 1. The Morgan fingerprint density at radius 1 is 1.30 bits per heavy atom. The minimum absolute atomic E-state index is 0.0125. The maximum Gasteiger partial charge on any atom is 0.277 e. The van der Waals surface area contributed by atoms with Crippen molar-refractivity contribution in [3.05, 3.63) is 54.0 Å². The molecular weight excluding hydrogens is 414 g/mol. The van der Waals surface area contributed by atoms with E-state index in [0.717, 1.165) is 23.5 Å². The summed E-state index contributed by atoms with van der Waals surface area (Å²) in [7, 11) is 0. The predicted molar refractivity (Wildman–Crippen MR) is 110 cm³/mol. The van der Waals surface area contributed by atoms with Crippen LogP contribution in [0, 0.1) is 11.6 Å². The number of aliphatic hydroxyl groups is 1. The summed E-state index contributed by atoms with van der Waals surface area (Å²) in [5, 5.41) is 12.4. The molecule has 0 saturated heterocycles. The fraction of sp³-hybridized carbons (Fsp3) is 0.250. The van der Waals surface area contributed by atoms with Crippen LogP contribution in [0.3, 0.4) is 0 Å². The number of thiazole rings is 1. The summed E-state index contributed by atoms with van der Waals surface area (Å²) in [6.07, 6.45) is 3.25. The number of hydrogen-bond acceptors (Lipinski definition) is 7. The van der Waals surface area contributed by atoms with Crippen molar-refractivity contribution in [3.63, 3.8) is 0 Å². The molecule has 1 aromatic carbocycles. The second kappa shape index (κ2) is 8.72. The minimum atomic E-state index is -0.899. The van der Waals surface area contributed by atoms with Gasteiger partial charge in [0.05, 0.1) is 24.0 Å². The van der Waals surface area contributed by atoms with E-state index in [4.69, 9.17) is 10.5 Å². The van der Waals surface area contributed by atoms with E-state index in [1.807, 2.05) is 0 Å². The third-order valence-electron chi connectivity index (χ3n) is 4.05. The summed E-state index contributed by atoms with van der Waals surface area (Å²) in [5.74, 6) is -1.93.